The molecule has 2 aromatic carbocycles. The number of methoxy groups -OCH3 is 1. The molecule has 0 aliphatic rings. The Labute approximate surface area is 192 Å². The van der Waals surface area contributed by atoms with Crippen LogP contribution < -0.4 is 19.6 Å². The van der Waals surface area contributed by atoms with Crippen LogP contribution in [-0.4, -0.2) is 32.4 Å². The monoisotopic (exact) mass is 440 g/mol. The lowest BCUT2D eigenvalue weighted by molar-refractivity contribution is 0.0955. The number of hydrazone groups is 1. The zero-order chi connectivity index (χ0) is 23.0. The summed E-state index contributed by atoms with van der Waals surface area (Å²) in [4.78, 5) is 12.2. The lowest BCUT2D eigenvalue weighted by Crippen LogP contribution is -2.17. The number of nitrogens with zero attached hydrogens (tertiary/aromatic N) is 1. The second-order valence-electron chi connectivity index (χ2n) is 7.54. The second-order valence-corrected chi connectivity index (χ2v) is 7.54. The van der Waals surface area contributed by atoms with E-state index in [9.17, 15) is 4.79 Å². The van der Waals surface area contributed by atoms with Crippen molar-refractivity contribution in [3.8, 4) is 17.2 Å². The first-order chi connectivity index (χ1) is 15.7. The smallest absolute Gasteiger partial charge is 0.271 e. The van der Waals surface area contributed by atoms with Crippen LogP contribution in [-0.2, 0) is 0 Å². The number of carbonyl (C=O) groups is 1. The molecular weight excluding hydrogens is 404 g/mol. The van der Waals surface area contributed by atoms with Gasteiger partial charge in [-0.25, -0.2) is 5.43 Å². The van der Waals surface area contributed by atoms with Gasteiger partial charge in [0.05, 0.1) is 26.5 Å². The third-order valence-electron chi connectivity index (χ3n) is 4.98. The van der Waals surface area contributed by atoms with Gasteiger partial charge in [0.2, 0.25) is 0 Å². The first-order valence-corrected chi connectivity index (χ1v) is 11.5. The Kier molecular flexibility index (Phi) is 11.7. The summed E-state index contributed by atoms with van der Waals surface area (Å²) in [6.07, 6.45) is 10.3. The number of ether oxygens (including phenoxy) is 3. The zero-order valence-corrected chi connectivity index (χ0v) is 19.6. The van der Waals surface area contributed by atoms with Gasteiger partial charge in [-0.3, -0.25) is 4.79 Å². The van der Waals surface area contributed by atoms with E-state index in [1.807, 2.05) is 25.1 Å². The van der Waals surface area contributed by atoms with Crippen LogP contribution in [0, 0.1) is 0 Å². The summed E-state index contributed by atoms with van der Waals surface area (Å²) in [5, 5.41) is 4.06. The minimum Gasteiger partial charge on any atom is -0.497 e. The van der Waals surface area contributed by atoms with E-state index in [1.54, 1.807) is 37.6 Å². The number of hydrogen-bond donors (Lipinski definition) is 1. The minimum absolute atomic E-state index is 0.306. The number of nitrogens with one attached hydrogen (secondary N) is 1. The van der Waals surface area contributed by atoms with E-state index in [-0.39, 0.29) is 5.91 Å². The van der Waals surface area contributed by atoms with Crippen LogP contribution in [0.1, 0.15) is 74.7 Å². The fourth-order valence-electron chi connectivity index (χ4n) is 3.23. The number of carbonyl (C=O) groups excluding carboxylic acids is 1. The van der Waals surface area contributed by atoms with Gasteiger partial charge in [0.15, 0.2) is 11.5 Å². The number of rotatable bonds is 15. The Bertz CT molecular complexity index is 851. The largest absolute Gasteiger partial charge is 0.497 e. The Morgan fingerprint density at radius 3 is 2.47 bits per heavy atom. The third-order valence-corrected chi connectivity index (χ3v) is 4.98. The lowest BCUT2D eigenvalue weighted by atomic mass is 10.1. The highest BCUT2D eigenvalue weighted by Crippen LogP contribution is 2.28. The molecule has 0 saturated heterocycles. The molecule has 32 heavy (non-hydrogen) atoms. The van der Waals surface area contributed by atoms with Crippen molar-refractivity contribution in [2.45, 2.75) is 58.8 Å². The minimum atomic E-state index is -0.306. The molecule has 0 bridgehead atoms. The summed E-state index contributed by atoms with van der Waals surface area (Å²) in [5.74, 6) is 1.73. The quantitative estimate of drug-likeness (QED) is 0.210. The van der Waals surface area contributed by atoms with Crippen molar-refractivity contribution < 1.29 is 19.0 Å². The van der Waals surface area contributed by atoms with Crippen molar-refractivity contribution in [1.82, 2.24) is 5.43 Å². The lowest BCUT2D eigenvalue weighted by Gasteiger charge is -2.12. The predicted octanol–water partition coefficient (Wildman–Crippen LogP) is 5.99. The standard InChI is InChI=1S/C26H36N2O4/c1-4-6-7-8-9-10-11-17-32-24-16-15-21(18-25(24)31-5-2)20-27-28-26(29)22-13-12-14-23(19-22)30-3/h12-16,18-20H,4-11,17H2,1-3H3,(H,28,29)/b27-20+. The maximum atomic E-state index is 12.2. The number of unbranched alkanes of at least 4 members (excludes halogenated alkanes) is 6. The molecule has 1 N–H and O–H groups in total. The van der Waals surface area contributed by atoms with Gasteiger partial charge in [0.25, 0.3) is 5.91 Å². The predicted molar refractivity (Wildman–Crippen MR) is 129 cm³/mol. The van der Waals surface area contributed by atoms with Crippen molar-refractivity contribution in [2.24, 2.45) is 5.10 Å². The molecular formula is C26H36N2O4. The van der Waals surface area contributed by atoms with Crippen LogP contribution in [0.5, 0.6) is 17.2 Å². The molecule has 2 aromatic rings. The SMILES string of the molecule is CCCCCCCCCOc1ccc(/C=N/NC(=O)c2cccc(OC)c2)cc1OCC. The number of benzene rings is 2. The van der Waals surface area contributed by atoms with E-state index in [2.05, 4.69) is 17.5 Å². The first-order valence-electron chi connectivity index (χ1n) is 11.5. The Morgan fingerprint density at radius 2 is 1.72 bits per heavy atom. The molecule has 0 unspecified atom stereocenters. The molecule has 0 aromatic heterocycles. The Morgan fingerprint density at radius 1 is 0.938 bits per heavy atom. The summed E-state index contributed by atoms with van der Waals surface area (Å²) in [6, 6.07) is 12.6. The maximum absolute atomic E-state index is 12.2. The normalized spacial score (nSPS) is 10.8. The number of amides is 1. The van der Waals surface area contributed by atoms with Crippen LogP contribution in [0.4, 0.5) is 0 Å². The molecule has 0 spiro atoms. The summed E-state index contributed by atoms with van der Waals surface area (Å²) >= 11 is 0. The van der Waals surface area contributed by atoms with Crippen LogP contribution in [0.25, 0.3) is 0 Å². The fourth-order valence-corrected chi connectivity index (χ4v) is 3.23. The molecule has 0 fully saturated rings. The van der Waals surface area contributed by atoms with Crippen LogP contribution in [0.3, 0.4) is 0 Å². The van der Waals surface area contributed by atoms with Gasteiger partial charge in [0, 0.05) is 5.56 Å². The molecule has 1 amide bonds. The first kappa shape index (κ1) is 25.2. The Balaban J connectivity index is 1.85. The molecule has 0 saturated carbocycles. The van der Waals surface area contributed by atoms with Gasteiger partial charge in [-0.15, -0.1) is 0 Å². The van der Waals surface area contributed by atoms with Crippen LogP contribution >= 0.6 is 0 Å². The van der Waals surface area contributed by atoms with E-state index in [0.29, 0.717) is 30.3 Å². The molecule has 0 radical (unpaired) electrons. The van der Waals surface area contributed by atoms with Gasteiger partial charge in [-0.05, 0) is 55.3 Å². The molecule has 6 heteroatoms. The van der Waals surface area contributed by atoms with Gasteiger partial charge in [-0.1, -0.05) is 51.5 Å². The summed E-state index contributed by atoms with van der Waals surface area (Å²) in [5.41, 5.74) is 3.82. The highest BCUT2D eigenvalue weighted by atomic mass is 16.5. The molecule has 0 aliphatic heterocycles. The summed E-state index contributed by atoms with van der Waals surface area (Å²) in [6.45, 7) is 5.40. The van der Waals surface area contributed by atoms with Crippen molar-refractivity contribution in [3.05, 3.63) is 53.6 Å². The van der Waals surface area contributed by atoms with E-state index in [1.165, 1.54) is 38.5 Å². The second kappa shape index (κ2) is 14.9. The van der Waals surface area contributed by atoms with Gasteiger partial charge < -0.3 is 14.2 Å². The van der Waals surface area contributed by atoms with Crippen molar-refractivity contribution in [3.63, 3.8) is 0 Å². The maximum Gasteiger partial charge on any atom is 0.271 e. The van der Waals surface area contributed by atoms with Crippen molar-refractivity contribution >= 4 is 12.1 Å². The van der Waals surface area contributed by atoms with Crippen molar-refractivity contribution in [1.29, 1.82) is 0 Å². The molecule has 2 rings (SSSR count). The average molecular weight is 441 g/mol. The summed E-state index contributed by atoms with van der Waals surface area (Å²) in [7, 11) is 1.56. The molecule has 6 nitrogen and oxygen atoms in total. The molecule has 0 heterocycles. The molecule has 0 atom stereocenters. The summed E-state index contributed by atoms with van der Waals surface area (Å²) < 4.78 is 16.8. The van der Waals surface area contributed by atoms with E-state index >= 15 is 0 Å². The van der Waals surface area contributed by atoms with Crippen LogP contribution in [0.2, 0.25) is 0 Å². The Hall–Kier alpha value is -3.02. The van der Waals surface area contributed by atoms with E-state index < -0.39 is 0 Å². The third kappa shape index (κ3) is 9.00. The highest BCUT2D eigenvalue weighted by molar-refractivity contribution is 5.95. The topological polar surface area (TPSA) is 69.2 Å². The molecule has 174 valence electrons. The van der Waals surface area contributed by atoms with Gasteiger partial charge in [-0.2, -0.15) is 5.10 Å². The zero-order valence-electron chi connectivity index (χ0n) is 19.6. The van der Waals surface area contributed by atoms with E-state index in [0.717, 1.165) is 17.7 Å². The van der Waals surface area contributed by atoms with Gasteiger partial charge >= 0.3 is 0 Å². The van der Waals surface area contributed by atoms with Crippen molar-refractivity contribution in [2.75, 3.05) is 20.3 Å². The van der Waals surface area contributed by atoms with Crippen LogP contribution in [0.15, 0.2) is 47.6 Å². The average Bonchev–Trinajstić information content (AvgIpc) is 2.82. The van der Waals surface area contributed by atoms with Gasteiger partial charge in [0.1, 0.15) is 5.75 Å². The number of hydrogen-bond acceptors (Lipinski definition) is 5. The fraction of sp³-hybridized carbons (Fsp3) is 0.462. The van der Waals surface area contributed by atoms with E-state index in [4.69, 9.17) is 14.2 Å². The highest BCUT2D eigenvalue weighted by Gasteiger charge is 2.07. The molecule has 0 aliphatic carbocycles.